The molecule has 17 heavy (non-hydrogen) atoms. The number of piperidine rings is 1. The molecular weight excluding hydrogens is 231 g/mol. The number of hydrogen-bond acceptors (Lipinski definition) is 2. The van der Waals surface area contributed by atoms with Crippen LogP contribution in [0.1, 0.15) is 23.5 Å². The second kappa shape index (κ2) is 4.66. The molecule has 0 amide bonds. The molecule has 0 unspecified atom stereocenters. The first-order chi connectivity index (χ1) is 7.98. The number of aliphatic hydroxyl groups excluding tert-OH is 1. The monoisotopic (exact) mass is 245 g/mol. The first kappa shape index (κ1) is 12.4. The maximum atomic E-state index is 12.6. The standard InChI is InChI=1S/C12H14F3NO/c13-12(14,15)9-3-1-2-8(6-9)10-4-5-16-7-11(10)17/h1-3,6,10-11,16-17H,4-5,7H2/t10-,11+/m0/s1. The van der Waals surface area contributed by atoms with E-state index in [-0.39, 0.29) is 5.92 Å². The minimum atomic E-state index is -4.33. The number of alkyl halides is 3. The van der Waals surface area contributed by atoms with Crippen LogP contribution in [0.15, 0.2) is 24.3 Å². The van der Waals surface area contributed by atoms with Gasteiger partial charge in [-0.05, 0) is 24.6 Å². The fraction of sp³-hybridized carbons (Fsp3) is 0.500. The third-order valence-electron chi connectivity index (χ3n) is 3.09. The number of nitrogens with one attached hydrogen (secondary N) is 1. The van der Waals surface area contributed by atoms with Crippen molar-refractivity contribution in [2.24, 2.45) is 0 Å². The summed E-state index contributed by atoms with van der Waals surface area (Å²) in [6.45, 7) is 1.15. The molecule has 0 radical (unpaired) electrons. The Bertz CT molecular complexity index is 392. The largest absolute Gasteiger partial charge is 0.416 e. The summed E-state index contributed by atoms with van der Waals surface area (Å²) >= 11 is 0. The molecule has 1 heterocycles. The van der Waals surface area contributed by atoms with Gasteiger partial charge >= 0.3 is 6.18 Å². The maximum Gasteiger partial charge on any atom is 0.416 e. The van der Waals surface area contributed by atoms with Crippen molar-refractivity contribution in [3.63, 3.8) is 0 Å². The maximum absolute atomic E-state index is 12.6. The summed E-state index contributed by atoms with van der Waals surface area (Å²) in [6.07, 6.45) is -4.29. The van der Waals surface area contributed by atoms with Gasteiger partial charge in [0.15, 0.2) is 0 Å². The van der Waals surface area contributed by atoms with E-state index in [9.17, 15) is 18.3 Å². The van der Waals surface area contributed by atoms with Crippen LogP contribution in [0.4, 0.5) is 13.2 Å². The van der Waals surface area contributed by atoms with Gasteiger partial charge in [-0.3, -0.25) is 0 Å². The molecule has 1 fully saturated rings. The Labute approximate surface area is 97.5 Å². The van der Waals surface area contributed by atoms with Crippen LogP contribution < -0.4 is 5.32 Å². The zero-order valence-corrected chi connectivity index (χ0v) is 9.17. The smallest absolute Gasteiger partial charge is 0.391 e. The summed E-state index contributed by atoms with van der Waals surface area (Å²) in [5.41, 5.74) is -0.0884. The Hall–Kier alpha value is -1.07. The molecule has 1 aliphatic rings. The highest BCUT2D eigenvalue weighted by molar-refractivity contribution is 5.29. The number of β-amino-alcohol motifs (C(OH)–C–C–N with tert-alkyl or cyclic N) is 1. The zero-order chi connectivity index (χ0) is 12.5. The van der Waals surface area contributed by atoms with Crippen molar-refractivity contribution in [3.8, 4) is 0 Å². The third kappa shape index (κ3) is 2.79. The van der Waals surface area contributed by atoms with Crippen molar-refractivity contribution in [3.05, 3.63) is 35.4 Å². The van der Waals surface area contributed by atoms with E-state index in [2.05, 4.69) is 5.32 Å². The Morgan fingerprint density at radius 1 is 1.29 bits per heavy atom. The average molecular weight is 245 g/mol. The number of aliphatic hydroxyl groups is 1. The van der Waals surface area contributed by atoms with Gasteiger partial charge in [0.25, 0.3) is 0 Å². The molecule has 2 atom stereocenters. The van der Waals surface area contributed by atoms with Crippen LogP contribution in [0.3, 0.4) is 0 Å². The summed E-state index contributed by atoms with van der Waals surface area (Å²) < 4.78 is 37.7. The van der Waals surface area contributed by atoms with Gasteiger partial charge in [-0.15, -0.1) is 0 Å². The second-order valence-electron chi connectivity index (χ2n) is 4.29. The Kier molecular flexibility index (Phi) is 3.40. The average Bonchev–Trinajstić information content (AvgIpc) is 2.29. The van der Waals surface area contributed by atoms with E-state index in [4.69, 9.17) is 0 Å². The van der Waals surface area contributed by atoms with Crippen LogP contribution in [-0.4, -0.2) is 24.3 Å². The van der Waals surface area contributed by atoms with E-state index in [1.165, 1.54) is 6.07 Å². The topological polar surface area (TPSA) is 32.3 Å². The lowest BCUT2D eigenvalue weighted by Gasteiger charge is -2.29. The van der Waals surface area contributed by atoms with Crippen molar-refractivity contribution in [1.29, 1.82) is 0 Å². The molecule has 1 saturated heterocycles. The van der Waals surface area contributed by atoms with Gasteiger partial charge in [0.1, 0.15) is 0 Å². The lowest BCUT2D eigenvalue weighted by molar-refractivity contribution is -0.137. The van der Waals surface area contributed by atoms with Gasteiger partial charge in [-0.1, -0.05) is 18.2 Å². The number of rotatable bonds is 1. The quantitative estimate of drug-likeness (QED) is 0.794. The van der Waals surface area contributed by atoms with Crippen molar-refractivity contribution in [1.82, 2.24) is 5.32 Å². The molecular formula is C12H14F3NO. The summed E-state index contributed by atoms with van der Waals surface area (Å²) in [4.78, 5) is 0. The van der Waals surface area contributed by atoms with Gasteiger partial charge in [-0.2, -0.15) is 13.2 Å². The summed E-state index contributed by atoms with van der Waals surface area (Å²) in [7, 11) is 0. The molecule has 0 aliphatic carbocycles. The molecule has 0 spiro atoms. The molecule has 2 nitrogen and oxygen atoms in total. The minimum absolute atomic E-state index is 0.210. The molecule has 1 aromatic carbocycles. The lowest BCUT2D eigenvalue weighted by Crippen LogP contribution is -2.39. The Morgan fingerprint density at radius 2 is 2.06 bits per heavy atom. The highest BCUT2D eigenvalue weighted by atomic mass is 19.4. The molecule has 1 aliphatic heterocycles. The van der Waals surface area contributed by atoms with Gasteiger partial charge in [0.2, 0.25) is 0 Å². The number of benzene rings is 1. The normalized spacial score (nSPS) is 25.9. The molecule has 94 valence electrons. The van der Waals surface area contributed by atoms with Crippen molar-refractivity contribution >= 4 is 0 Å². The molecule has 0 bridgehead atoms. The third-order valence-corrected chi connectivity index (χ3v) is 3.09. The Balaban J connectivity index is 2.26. The SMILES string of the molecule is O[C@@H]1CNCC[C@H]1c1cccc(C(F)(F)F)c1. The van der Waals surface area contributed by atoms with Gasteiger partial charge < -0.3 is 10.4 Å². The van der Waals surface area contributed by atoms with Gasteiger partial charge in [-0.25, -0.2) is 0 Å². The molecule has 0 aromatic heterocycles. The highest BCUT2D eigenvalue weighted by Gasteiger charge is 2.32. The number of hydrogen-bond donors (Lipinski definition) is 2. The molecule has 1 aromatic rings. The van der Waals surface area contributed by atoms with Crippen LogP contribution in [0.2, 0.25) is 0 Å². The van der Waals surface area contributed by atoms with E-state index >= 15 is 0 Å². The van der Waals surface area contributed by atoms with E-state index in [0.29, 0.717) is 18.5 Å². The van der Waals surface area contributed by atoms with Crippen molar-refractivity contribution < 1.29 is 18.3 Å². The molecule has 5 heteroatoms. The summed E-state index contributed by atoms with van der Waals surface area (Å²) in [6, 6.07) is 5.23. The van der Waals surface area contributed by atoms with Crippen LogP contribution in [0, 0.1) is 0 Å². The lowest BCUT2D eigenvalue weighted by atomic mass is 9.87. The molecule has 0 saturated carbocycles. The second-order valence-corrected chi connectivity index (χ2v) is 4.29. The van der Waals surface area contributed by atoms with Crippen LogP contribution in [0.5, 0.6) is 0 Å². The fourth-order valence-corrected chi connectivity index (χ4v) is 2.18. The fourth-order valence-electron chi connectivity index (χ4n) is 2.18. The highest BCUT2D eigenvalue weighted by Crippen LogP contribution is 2.33. The van der Waals surface area contributed by atoms with E-state index in [1.807, 2.05) is 0 Å². The summed E-state index contributed by atoms with van der Waals surface area (Å²) in [5, 5.41) is 12.8. The molecule has 2 rings (SSSR count). The van der Waals surface area contributed by atoms with Gasteiger partial charge in [0, 0.05) is 12.5 Å². The van der Waals surface area contributed by atoms with Crippen LogP contribution >= 0.6 is 0 Å². The van der Waals surface area contributed by atoms with Crippen LogP contribution in [0.25, 0.3) is 0 Å². The minimum Gasteiger partial charge on any atom is -0.391 e. The predicted molar refractivity (Wildman–Crippen MR) is 57.7 cm³/mol. The first-order valence-corrected chi connectivity index (χ1v) is 5.54. The number of halogens is 3. The predicted octanol–water partition coefficient (Wildman–Crippen LogP) is 2.14. The van der Waals surface area contributed by atoms with Crippen molar-refractivity contribution in [2.75, 3.05) is 13.1 Å². The zero-order valence-electron chi connectivity index (χ0n) is 9.17. The van der Waals surface area contributed by atoms with E-state index in [0.717, 1.165) is 18.7 Å². The van der Waals surface area contributed by atoms with Gasteiger partial charge in [0.05, 0.1) is 11.7 Å². The van der Waals surface area contributed by atoms with E-state index < -0.39 is 17.8 Å². The first-order valence-electron chi connectivity index (χ1n) is 5.54. The summed E-state index contributed by atoms with van der Waals surface area (Å²) in [5.74, 6) is -0.210. The Morgan fingerprint density at radius 3 is 2.71 bits per heavy atom. The van der Waals surface area contributed by atoms with Crippen LogP contribution in [-0.2, 0) is 6.18 Å². The van der Waals surface area contributed by atoms with Crippen molar-refractivity contribution in [2.45, 2.75) is 24.6 Å². The molecule has 2 N–H and O–H groups in total. The van der Waals surface area contributed by atoms with E-state index in [1.54, 1.807) is 6.07 Å².